The molecule has 1 saturated heterocycles. The quantitative estimate of drug-likeness (QED) is 0.737. The highest BCUT2D eigenvalue weighted by atomic mass is 32.2. The number of hydrogen-bond acceptors (Lipinski definition) is 6. The molecule has 9 heteroatoms. The Balaban J connectivity index is 1.54. The molecule has 3 rings (SSSR count). The van der Waals surface area contributed by atoms with E-state index in [2.05, 4.69) is 5.16 Å². The number of carbonyl (C=O) groups is 1. The summed E-state index contributed by atoms with van der Waals surface area (Å²) in [6, 6.07) is 7.68. The van der Waals surface area contributed by atoms with E-state index in [0.29, 0.717) is 31.6 Å². The van der Waals surface area contributed by atoms with Crippen LogP contribution in [0, 0.1) is 11.7 Å². The third kappa shape index (κ3) is 4.28. The Morgan fingerprint density at radius 3 is 2.69 bits per heavy atom. The highest BCUT2D eigenvalue weighted by molar-refractivity contribution is 7.88. The van der Waals surface area contributed by atoms with Gasteiger partial charge in [-0.2, -0.15) is 0 Å². The van der Waals surface area contributed by atoms with Crippen LogP contribution in [0.1, 0.15) is 18.5 Å². The third-order valence-electron chi connectivity index (χ3n) is 4.32. The molecule has 1 aromatic heterocycles. The molecule has 0 atom stereocenters. The van der Waals surface area contributed by atoms with Crippen LogP contribution in [0.5, 0.6) is 0 Å². The molecule has 0 amide bonds. The van der Waals surface area contributed by atoms with Crippen molar-refractivity contribution in [3.05, 3.63) is 41.8 Å². The van der Waals surface area contributed by atoms with E-state index in [1.807, 2.05) is 0 Å². The van der Waals surface area contributed by atoms with Crippen LogP contribution < -0.4 is 0 Å². The number of benzene rings is 1. The molecule has 140 valence electrons. The Labute approximate surface area is 150 Å². The summed E-state index contributed by atoms with van der Waals surface area (Å²) < 4.78 is 48.4. The Morgan fingerprint density at radius 1 is 1.35 bits per heavy atom. The van der Waals surface area contributed by atoms with E-state index in [1.54, 1.807) is 18.2 Å². The molecule has 0 aliphatic carbocycles. The summed E-state index contributed by atoms with van der Waals surface area (Å²) in [6.07, 6.45) is 2.00. The van der Waals surface area contributed by atoms with Gasteiger partial charge in [0.2, 0.25) is 10.0 Å². The predicted molar refractivity (Wildman–Crippen MR) is 90.8 cm³/mol. The summed E-state index contributed by atoms with van der Waals surface area (Å²) in [5, 5.41) is 3.79. The zero-order chi connectivity index (χ0) is 18.7. The Bertz CT molecular complexity index is 888. The monoisotopic (exact) mass is 382 g/mol. The molecule has 1 aliphatic heterocycles. The third-order valence-corrected chi connectivity index (χ3v) is 5.62. The van der Waals surface area contributed by atoms with Gasteiger partial charge in [-0.25, -0.2) is 17.1 Å². The summed E-state index contributed by atoms with van der Waals surface area (Å²) in [7, 11) is -3.23. The van der Waals surface area contributed by atoms with E-state index in [4.69, 9.17) is 9.26 Å². The van der Waals surface area contributed by atoms with Crippen LogP contribution in [0.2, 0.25) is 0 Å². The fraction of sp³-hybridized carbons (Fsp3) is 0.412. The number of carbonyl (C=O) groups excluding carboxylic acids is 1. The lowest BCUT2D eigenvalue weighted by molar-refractivity contribution is -0.151. The molecule has 0 radical (unpaired) electrons. The second-order valence-electron chi connectivity index (χ2n) is 6.21. The van der Waals surface area contributed by atoms with Crippen molar-refractivity contribution in [2.24, 2.45) is 5.92 Å². The van der Waals surface area contributed by atoms with Gasteiger partial charge in [0.25, 0.3) is 0 Å². The predicted octanol–water partition coefficient (Wildman–Crippen LogP) is 2.20. The summed E-state index contributed by atoms with van der Waals surface area (Å²) >= 11 is 0. The normalized spacial score (nSPS) is 16.5. The standard InChI is InChI=1S/C17H19FN2O5S/c1-26(22,23)20-8-6-12(7-9-20)17(21)24-11-13-10-16(25-19-13)14-4-2-3-5-15(14)18/h2-5,10,12H,6-9,11H2,1H3. The van der Waals surface area contributed by atoms with E-state index in [9.17, 15) is 17.6 Å². The maximum Gasteiger partial charge on any atom is 0.309 e. The number of hydrogen-bond donors (Lipinski definition) is 0. The van der Waals surface area contributed by atoms with Gasteiger partial charge >= 0.3 is 5.97 Å². The molecule has 0 saturated carbocycles. The summed E-state index contributed by atoms with van der Waals surface area (Å²) in [5.74, 6) is -0.903. The molecule has 1 aliphatic rings. The second-order valence-corrected chi connectivity index (χ2v) is 8.19. The molecule has 1 aromatic carbocycles. The van der Waals surface area contributed by atoms with Gasteiger partial charge in [0.05, 0.1) is 17.7 Å². The Morgan fingerprint density at radius 2 is 2.04 bits per heavy atom. The maximum absolute atomic E-state index is 13.7. The van der Waals surface area contributed by atoms with Crippen LogP contribution in [0.4, 0.5) is 4.39 Å². The number of esters is 1. The van der Waals surface area contributed by atoms with Crippen LogP contribution in [0.25, 0.3) is 11.3 Å². The van der Waals surface area contributed by atoms with Gasteiger partial charge in [-0.3, -0.25) is 4.79 Å². The van der Waals surface area contributed by atoms with Gasteiger partial charge in [-0.1, -0.05) is 17.3 Å². The van der Waals surface area contributed by atoms with Crippen LogP contribution in [0.15, 0.2) is 34.9 Å². The fourth-order valence-electron chi connectivity index (χ4n) is 2.85. The number of aromatic nitrogens is 1. The fourth-order valence-corrected chi connectivity index (χ4v) is 3.73. The number of rotatable bonds is 5. The smallest absolute Gasteiger partial charge is 0.309 e. The van der Waals surface area contributed by atoms with Crippen molar-refractivity contribution in [3.63, 3.8) is 0 Å². The molecule has 0 bridgehead atoms. The van der Waals surface area contributed by atoms with Crippen molar-refractivity contribution in [2.75, 3.05) is 19.3 Å². The van der Waals surface area contributed by atoms with Gasteiger partial charge in [-0.05, 0) is 25.0 Å². The molecule has 2 heterocycles. The first-order valence-electron chi connectivity index (χ1n) is 8.17. The molecule has 0 spiro atoms. The molecule has 0 unspecified atom stereocenters. The second kappa shape index (κ2) is 7.55. The minimum absolute atomic E-state index is 0.0803. The van der Waals surface area contributed by atoms with Crippen LogP contribution in [-0.2, 0) is 26.2 Å². The van der Waals surface area contributed by atoms with Crippen LogP contribution >= 0.6 is 0 Å². The first-order chi connectivity index (χ1) is 12.3. The Kier molecular flexibility index (Phi) is 5.38. The molecule has 2 aromatic rings. The average Bonchev–Trinajstić information content (AvgIpc) is 3.08. The van der Waals surface area contributed by atoms with E-state index >= 15 is 0 Å². The number of halogens is 1. The lowest BCUT2D eigenvalue weighted by atomic mass is 9.98. The topological polar surface area (TPSA) is 89.7 Å². The van der Waals surface area contributed by atoms with Gasteiger partial charge in [0.15, 0.2) is 5.76 Å². The van der Waals surface area contributed by atoms with Crippen molar-refractivity contribution in [2.45, 2.75) is 19.4 Å². The maximum atomic E-state index is 13.7. The largest absolute Gasteiger partial charge is 0.459 e. The number of piperidine rings is 1. The SMILES string of the molecule is CS(=O)(=O)N1CCC(C(=O)OCc2cc(-c3ccccc3F)on2)CC1. The van der Waals surface area contributed by atoms with Crippen molar-refractivity contribution < 1.29 is 26.9 Å². The minimum atomic E-state index is -3.23. The van der Waals surface area contributed by atoms with Crippen LogP contribution in [0.3, 0.4) is 0 Å². The van der Waals surface area contributed by atoms with Gasteiger partial charge in [0, 0.05) is 19.2 Å². The van der Waals surface area contributed by atoms with E-state index < -0.39 is 21.8 Å². The lowest BCUT2D eigenvalue weighted by Gasteiger charge is -2.28. The Hall–Kier alpha value is -2.26. The summed E-state index contributed by atoms with van der Waals surface area (Å²) in [6.45, 7) is 0.531. The van der Waals surface area contributed by atoms with Crippen molar-refractivity contribution in [1.82, 2.24) is 9.46 Å². The van der Waals surface area contributed by atoms with E-state index in [1.165, 1.54) is 16.4 Å². The highest BCUT2D eigenvalue weighted by Gasteiger charge is 2.30. The molecule has 1 fully saturated rings. The van der Waals surface area contributed by atoms with E-state index in [-0.39, 0.29) is 23.8 Å². The number of sulfonamides is 1. The molecular formula is C17H19FN2O5S. The lowest BCUT2D eigenvalue weighted by Crippen LogP contribution is -2.40. The van der Waals surface area contributed by atoms with Crippen molar-refractivity contribution in [1.29, 1.82) is 0 Å². The molecule has 0 N–H and O–H groups in total. The summed E-state index contributed by atoms with van der Waals surface area (Å²) in [4.78, 5) is 12.2. The van der Waals surface area contributed by atoms with E-state index in [0.717, 1.165) is 6.26 Å². The van der Waals surface area contributed by atoms with Crippen molar-refractivity contribution in [3.8, 4) is 11.3 Å². The molecule has 26 heavy (non-hydrogen) atoms. The van der Waals surface area contributed by atoms with Crippen molar-refractivity contribution >= 4 is 16.0 Å². The molecule has 7 nitrogen and oxygen atoms in total. The first kappa shape index (κ1) is 18.5. The van der Waals surface area contributed by atoms with Gasteiger partial charge < -0.3 is 9.26 Å². The molecular weight excluding hydrogens is 363 g/mol. The highest BCUT2D eigenvalue weighted by Crippen LogP contribution is 2.24. The number of ether oxygens (including phenoxy) is 1. The number of nitrogens with zero attached hydrogens (tertiary/aromatic N) is 2. The first-order valence-corrected chi connectivity index (χ1v) is 10.0. The zero-order valence-corrected chi connectivity index (χ0v) is 15.0. The van der Waals surface area contributed by atoms with Crippen LogP contribution in [-0.4, -0.2) is 43.2 Å². The zero-order valence-electron chi connectivity index (χ0n) is 14.2. The average molecular weight is 382 g/mol. The summed E-state index contributed by atoms with van der Waals surface area (Å²) in [5.41, 5.74) is 0.663. The van der Waals surface area contributed by atoms with Gasteiger partial charge in [-0.15, -0.1) is 0 Å². The minimum Gasteiger partial charge on any atom is -0.459 e. The van der Waals surface area contributed by atoms with Gasteiger partial charge in [0.1, 0.15) is 18.1 Å².